The Hall–Kier alpha value is -2.21. The Labute approximate surface area is 210 Å². The Morgan fingerprint density at radius 1 is 1.11 bits per heavy atom. The topological polar surface area (TPSA) is 88.2 Å². The smallest absolute Gasteiger partial charge is 0.378 e. The fourth-order valence-corrected chi connectivity index (χ4v) is 4.64. The van der Waals surface area contributed by atoms with Crippen LogP contribution >= 0.6 is 0 Å². The highest BCUT2D eigenvalue weighted by Crippen LogP contribution is 2.29. The third-order valence-electron chi connectivity index (χ3n) is 7.17. The first kappa shape index (κ1) is 28.4. The Kier molecular flexibility index (Phi) is 10.1. The van der Waals surface area contributed by atoms with Crippen LogP contribution in [0.1, 0.15) is 42.6 Å². The van der Waals surface area contributed by atoms with Crippen molar-refractivity contribution < 1.29 is 27.9 Å². The van der Waals surface area contributed by atoms with Crippen LogP contribution in [0.25, 0.3) is 0 Å². The molecule has 1 aromatic carbocycles. The fraction of sp³-hybridized carbons (Fsp3) is 0.680. The molecule has 8 nitrogen and oxygen atoms in total. The SMILES string of the molecule is CCC(C)C(O)N1CCN(CCN2CC[C@@H](NC(=O)CNC(=O)c3cccc(C(F)(F)F)c3)C2)CC1. The van der Waals surface area contributed by atoms with Gasteiger partial charge in [0.1, 0.15) is 6.23 Å². The molecule has 2 aliphatic heterocycles. The normalized spacial score (nSPS) is 21.8. The van der Waals surface area contributed by atoms with Crippen molar-refractivity contribution in [2.45, 2.75) is 45.1 Å². The number of alkyl halides is 3. The summed E-state index contributed by atoms with van der Waals surface area (Å²) in [5, 5.41) is 15.7. The van der Waals surface area contributed by atoms with E-state index in [0.29, 0.717) is 0 Å². The second-order valence-corrected chi connectivity index (χ2v) is 9.79. The van der Waals surface area contributed by atoms with Crippen LogP contribution in [0, 0.1) is 5.92 Å². The molecule has 2 saturated heterocycles. The first-order valence-electron chi connectivity index (χ1n) is 12.7. The van der Waals surface area contributed by atoms with Crippen molar-refractivity contribution in [3.63, 3.8) is 0 Å². The van der Waals surface area contributed by atoms with Gasteiger partial charge in [0.05, 0.1) is 12.1 Å². The lowest BCUT2D eigenvalue weighted by molar-refractivity contribution is -0.137. The highest BCUT2D eigenvalue weighted by atomic mass is 19.4. The highest BCUT2D eigenvalue weighted by molar-refractivity contribution is 5.96. The second kappa shape index (κ2) is 12.8. The number of carbonyl (C=O) groups is 2. The number of nitrogens with one attached hydrogen (secondary N) is 2. The van der Waals surface area contributed by atoms with E-state index in [1.165, 1.54) is 12.1 Å². The molecule has 11 heteroatoms. The molecule has 36 heavy (non-hydrogen) atoms. The van der Waals surface area contributed by atoms with Crippen molar-refractivity contribution in [1.29, 1.82) is 0 Å². The van der Waals surface area contributed by atoms with Gasteiger partial charge in [-0.25, -0.2) is 0 Å². The largest absolute Gasteiger partial charge is 0.416 e. The van der Waals surface area contributed by atoms with E-state index >= 15 is 0 Å². The average Bonchev–Trinajstić information content (AvgIpc) is 3.32. The number of benzene rings is 1. The number of rotatable bonds is 10. The number of likely N-dealkylation sites (tertiary alicyclic amines) is 1. The quantitative estimate of drug-likeness (QED) is 0.441. The number of aliphatic hydroxyl groups is 1. The zero-order chi connectivity index (χ0) is 26.3. The molecule has 3 atom stereocenters. The van der Waals surface area contributed by atoms with Crippen molar-refractivity contribution in [3.8, 4) is 0 Å². The summed E-state index contributed by atoms with van der Waals surface area (Å²) in [5.74, 6) is -0.818. The summed E-state index contributed by atoms with van der Waals surface area (Å²) in [6.45, 7) is 10.9. The maximum Gasteiger partial charge on any atom is 0.416 e. The first-order valence-corrected chi connectivity index (χ1v) is 12.7. The Morgan fingerprint density at radius 3 is 2.47 bits per heavy atom. The summed E-state index contributed by atoms with van der Waals surface area (Å²) in [7, 11) is 0. The monoisotopic (exact) mass is 513 g/mol. The molecular weight excluding hydrogens is 475 g/mol. The summed E-state index contributed by atoms with van der Waals surface area (Å²) in [4.78, 5) is 31.3. The van der Waals surface area contributed by atoms with E-state index < -0.39 is 17.6 Å². The van der Waals surface area contributed by atoms with Gasteiger partial charge in [0.15, 0.2) is 0 Å². The van der Waals surface area contributed by atoms with Gasteiger partial charge in [-0.2, -0.15) is 13.2 Å². The number of carbonyl (C=O) groups excluding carboxylic acids is 2. The van der Waals surface area contributed by atoms with Gasteiger partial charge in [-0.15, -0.1) is 0 Å². The van der Waals surface area contributed by atoms with Crippen LogP contribution in [0.3, 0.4) is 0 Å². The van der Waals surface area contributed by atoms with Crippen molar-refractivity contribution >= 4 is 11.8 Å². The van der Waals surface area contributed by atoms with Gasteiger partial charge >= 0.3 is 6.18 Å². The van der Waals surface area contributed by atoms with E-state index in [1.807, 2.05) is 0 Å². The molecule has 2 unspecified atom stereocenters. The Morgan fingerprint density at radius 2 is 1.81 bits per heavy atom. The lowest BCUT2D eigenvalue weighted by Crippen LogP contribution is -2.53. The maximum atomic E-state index is 12.8. The lowest BCUT2D eigenvalue weighted by atomic mass is 10.1. The summed E-state index contributed by atoms with van der Waals surface area (Å²) in [6, 6.07) is 4.10. The van der Waals surface area contributed by atoms with Crippen molar-refractivity contribution in [1.82, 2.24) is 25.3 Å². The molecule has 0 bridgehead atoms. The number of nitrogens with zero attached hydrogens (tertiary/aromatic N) is 3. The van der Waals surface area contributed by atoms with Gasteiger partial charge in [-0.3, -0.25) is 24.3 Å². The number of piperazine rings is 1. The van der Waals surface area contributed by atoms with Gasteiger partial charge in [0.2, 0.25) is 5.91 Å². The molecule has 0 radical (unpaired) electrons. The minimum Gasteiger partial charge on any atom is -0.378 e. The number of amides is 2. The fourth-order valence-electron chi connectivity index (χ4n) is 4.64. The van der Waals surface area contributed by atoms with Crippen LogP contribution in [-0.4, -0.2) is 103 Å². The van der Waals surface area contributed by atoms with Crippen LogP contribution in [0.15, 0.2) is 24.3 Å². The van der Waals surface area contributed by atoms with Gasteiger partial charge in [-0.05, 0) is 37.0 Å². The highest BCUT2D eigenvalue weighted by Gasteiger charge is 2.31. The molecule has 0 spiro atoms. The number of hydrogen-bond acceptors (Lipinski definition) is 6. The van der Waals surface area contributed by atoms with E-state index in [9.17, 15) is 27.9 Å². The Balaban J connectivity index is 1.33. The van der Waals surface area contributed by atoms with E-state index in [4.69, 9.17) is 0 Å². The van der Waals surface area contributed by atoms with Gasteiger partial charge in [0, 0.05) is 64.0 Å². The molecule has 3 N–H and O–H groups in total. The maximum absolute atomic E-state index is 12.8. The molecule has 0 aliphatic carbocycles. The minimum absolute atomic E-state index is 0.0227. The van der Waals surface area contributed by atoms with Crippen LogP contribution < -0.4 is 10.6 Å². The van der Waals surface area contributed by atoms with Gasteiger partial charge < -0.3 is 15.7 Å². The average molecular weight is 514 g/mol. The van der Waals surface area contributed by atoms with Crippen LogP contribution in [0.5, 0.6) is 0 Å². The molecule has 202 valence electrons. The molecule has 0 aromatic heterocycles. The third-order valence-corrected chi connectivity index (χ3v) is 7.17. The third kappa shape index (κ3) is 8.16. The minimum atomic E-state index is -4.54. The zero-order valence-electron chi connectivity index (χ0n) is 21.1. The van der Waals surface area contributed by atoms with E-state index in [1.54, 1.807) is 0 Å². The Bertz CT molecular complexity index is 877. The summed E-state index contributed by atoms with van der Waals surface area (Å²) < 4.78 is 38.5. The standard InChI is InChI=1S/C25H38F3N5O3/c1-3-18(2)24(36)33-13-11-31(12-14-33)9-10-32-8-7-21(17-32)30-22(34)16-29-23(35)19-5-4-6-20(15-19)25(26,27)28/h4-6,15,18,21,24,36H,3,7-14,16-17H2,1-2H3,(H,29,35)(H,30,34)/t18?,21-,24?/m1/s1. The molecule has 1 aromatic rings. The molecule has 2 heterocycles. The van der Waals surface area contributed by atoms with Crippen molar-refractivity contribution in [2.24, 2.45) is 5.92 Å². The molecule has 0 saturated carbocycles. The molecule has 2 aliphatic rings. The number of hydrogen-bond donors (Lipinski definition) is 3. The molecule has 2 fully saturated rings. The van der Waals surface area contributed by atoms with Crippen LogP contribution in [0.2, 0.25) is 0 Å². The summed E-state index contributed by atoms with van der Waals surface area (Å²) >= 11 is 0. The van der Waals surface area contributed by atoms with Crippen LogP contribution in [-0.2, 0) is 11.0 Å². The zero-order valence-corrected chi connectivity index (χ0v) is 21.1. The van der Waals surface area contributed by atoms with Crippen LogP contribution in [0.4, 0.5) is 13.2 Å². The van der Waals surface area contributed by atoms with Gasteiger partial charge in [-0.1, -0.05) is 19.9 Å². The predicted molar refractivity (Wildman–Crippen MR) is 130 cm³/mol. The van der Waals surface area contributed by atoms with E-state index in [0.717, 1.165) is 77.3 Å². The first-order chi connectivity index (χ1) is 17.1. The molecule has 2 amide bonds. The second-order valence-electron chi connectivity index (χ2n) is 9.79. The molecular formula is C25H38F3N5O3. The van der Waals surface area contributed by atoms with E-state index in [-0.39, 0.29) is 36.2 Å². The predicted octanol–water partition coefficient (Wildman–Crippen LogP) is 1.61. The number of halogens is 3. The van der Waals surface area contributed by atoms with E-state index in [2.05, 4.69) is 39.2 Å². The van der Waals surface area contributed by atoms with Crippen molar-refractivity contribution in [2.75, 3.05) is 58.9 Å². The van der Waals surface area contributed by atoms with Gasteiger partial charge in [0.25, 0.3) is 5.91 Å². The number of aliphatic hydroxyl groups excluding tert-OH is 1. The molecule has 3 rings (SSSR count). The summed E-state index contributed by atoms with van der Waals surface area (Å²) in [6.07, 6.45) is -3.15. The summed E-state index contributed by atoms with van der Waals surface area (Å²) in [5.41, 5.74) is -1.05. The van der Waals surface area contributed by atoms with Crippen molar-refractivity contribution in [3.05, 3.63) is 35.4 Å². The lowest BCUT2D eigenvalue weighted by Gasteiger charge is -2.39.